The molecule has 0 aliphatic rings. The monoisotopic (exact) mass is 279 g/mol. The molecule has 20 heavy (non-hydrogen) atoms. The summed E-state index contributed by atoms with van der Waals surface area (Å²) in [6.45, 7) is 4.25. The van der Waals surface area contributed by atoms with E-state index in [9.17, 15) is 9.59 Å². The SMILES string of the molecule is CCCOc1ccc(C=O)c(OC(C)C(=O)N(C)C)c1. The van der Waals surface area contributed by atoms with Gasteiger partial charge in [0.05, 0.1) is 12.2 Å². The van der Waals surface area contributed by atoms with Crippen LogP contribution in [-0.4, -0.2) is 43.9 Å². The van der Waals surface area contributed by atoms with Crippen molar-refractivity contribution in [2.45, 2.75) is 26.4 Å². The number of amides is 1. The highest BCUT2D eigenvalue weighted by Gasteiger charge is 2.18. The number of rotatable bonds is 7. The molecule has 5 heteroatoms. The zero-order chi connectivity index (χ0) is 15.1. The molecule has 0 fully saturated rings. The lowest BCUT2D eigenvalue weighted by Gasteiger charge is -2.19. The van der Waals surface area contributed by atoms with Gasteiger partial charge in [0, 0.05) is 20.2 Å². The van der Waals surface area contributed by atoms with Crippen molar-refractivity contribution >= 4 is 12.2 Å². The maximum Gasteiger partial charge on any atom is 0.262 e. The van der Waals surface area contributed by atoms with Crippen LogP contribution < -0.4 is 9.47 Å². The molecule has 0 aliphatic heterocycles. The standard InChI is InChI=1S/C15H21NO4/c1-5-8-19-13-7-6-12(10-17)14(9-13)20-11(2)15(18)16(3)4/h6-7,9-11H,5,8H2,1-4H3. The van der Waals surface area contributed by atoms with Crippen molar-refractivity contribution in [2.24, 2.45) is 0 Å². The van der Waals surface area contributed by atoms with Gasteiger partial charge < -0.3 is 14.4 Å². The summed E-state index contributed by atoms with van der Waals surface area (Å²) < 4.78 is 11.1. The number of hydrogen-bond donors (Lipinski definition) is 0. The van der Waals surface area contributed by atoms with Gasteiger partial charge in [0.15, 0.2) is 12.4 Å². The van der Waals surface area contributed by atoms with E-state index in [0.717, 1.165) is 6.42 Å². The molecule has 1 unspecified atom stereocenters. The Morgan fingerprint density at radius 1 is 1.40 bits per heavy atom. The lowest BCUT2D eigenvalue weighted by Crippen LogP contribution is -2.35. The predicted molar refractivity (Wildman–Crippen MR) is 76.4 cm³/mol. The number of nitrogens with zero attached hydrogens (tertiary/aromatic N) is 1. The first-order valence-corrected chi connectivity index (χ1v) is 6.59. The number of carbonyl (C=O) groups excluding carboxylic acids is 2. The third kappa shape index (κ3) is 4.26. The minimum Gasteiger partial charge on any atom is -0.493 e. The number of ether oxygens (including phenoxy) is 2. The molecule has 110 valence electrons. The zero-order valence-electron chi connectivity index (χ0n) is 12.4. The van der Waals surface area contributed by atoms with Crippen LogP contribution in [0.4, 0.5) is 0 Å². The lowest BCUT2D eigenvalue weighted by atomic mass is 10.2. The van der Waals surface area contributed by atoms with Crippen LogP contribution in [0, 0.1) is 0 Å². The average molecular weight is 279 g/mol. The van der Waals surface area contributed by atoms with Gasteiger partial charge >= 0.3 is 0 Å². The molecule has 0 radical (unpaired) electrons. The molecule has 5 nitrogen and oxygen atoms in total. The normalized spacial score (nSPS) is 11.6. The Labute approximate surface area is 119 Å². The molecule has 0 aromatic heterocycles. The van der Waals surface area contributed by atoms with Gasteiger partial charge in [0.2, 0.25) is 0 Å². The maximum absolute atomic E-state index is 11.8. The second-order valence-corrected chi connectivity index (χ2v) is 4.66. The largest absolute Gasteiger partial charge is 0.493 e. The number of benzene rings is 1. The Hall–Kier alpha value is -2.04. The average Bonchev–Trinajstić information content (AvgIpc) is 2.44. The van der Waals surface area contributed by atoms with E-state index in [1.165, 1.54) is 4.90 Å². The van der Waals surface area contributed by atoms with Gasteiger partial charge in [0.1, 0.15) is 11.5 Å². The molecule has 1 aromatic rings. The van der Waals surface area contributed by atoms with Crippen molar-refractivity contribution in [3.8, 4) is 11.5 Å². The first-order chi connectivity index (χ1) is 9.49. The van der Waals surface area contributed by atoms with Gasteiger partial charge in [-0.3, -0.25) is 9.59 Å². The fourth-order valence-electron chi connectivity index (χ4n) is 1.63. The summed E-state index contributed by atoms with van der Waals surface area (Å²) in [6.07, 6.45) is 0.928. The molecular formula is C15H21NO4. The molecular weight excluding hydrogens is 258 g/mol. The highest BCUT2D eigenvalue weighted by molar-refractivity contribution is 5.82. The summed E-state index contributed by atoms with van der Waals surface area (Å²) in [5.41, 5.74) is 0.396. The molecule has 0 saturated heterocycles. The number of likely N-dealkylation sites (N-methyl/N-ethyl adjacent to an activating group) is 1. The van der Waals surface area contributed by atoms with Crippen LogP contribution in [0.1, 0.15) is 30.6 Å². The molecule has 0 saturated carbocycles. The van der Waals surface area contributed by atoms with E-state index in [1.54, 1.807) is 39.2 Å². The van der Waals surface area contributed by atoms with Crippen LogP contribution in [0.25, 0.3) is 0 Å². The lowest BCUT2D eigenvalue weighted by molar-refractivity contribution is -0.135. The molecule has 0 bridgehead atoms. The first kappa shape index (κ1) is 16.0. The smallest absolute Gasteiger partial charge is 0.262 e. The first-order valence-electron chi connectivity index (χ1n) is 6.59. The summed E-state index contributed by atoms with van der Waals surface area (Å²) >= 11 is 0. The van der Waals surface area contributed by atoms with E-state index in [4.69, 9.17) is 9.47 Å². The van der Waals surface area contributed by atoms with E-state index in [2.05, 4.69) is 0 Å². The van der Waals surface area contributed by atoms with Crippen LogP contribution >= 0.6 is 0 Å². The van der Waals surface area contributed by atoms with E-state index >= 15 is 0 Å². The Morgan fingerprint density at radius 3 is 2.65 bits per heavy atom. The van der Waals surface area contributed by atoms with E-state index in [-0.39, 0.29) is 5.91 Å². The molecule has 1 rings (SSSR count). The molecule has 0 spiro atoms. The number of hydrogen-bond acceptors (Lipinski definition) is 4. The second kappa shape index (κ2) is 7.53. The molecule has 1 amide bonds. The second-order valence-electron chi connectivity index (χ2n) is 4.66. The molecule has 0 N–H and O–H groups in total. The Kier molecular flexibility index (Phi) is 6.03. The van der Waals surface area contributed by atoms with Gasteiger partial charge in [-0.1, -0.05) is 6.92 Å². The Bertz CT molecular complexity index is 471. The topological polar surface area (TPSA) is 55.8 Å². The van der Waals surface area contributed by atoms with Crippen molar-refractivity contribution < 1.29 is 19.1 Å². The molecule has 1 atom stereocenters. The maximum atomic E-state index is 11.8. The minimum atomic E-state index is -0.662. The fourth-order valence-corrected chi connectivity index (χ4v) is 1.63. The predicted octanol–water partition coefficient (Wildman–Crippen LogP) is 2.14. The Balaban J connectivity index is 2.90. The van der Waals surface area contributed by atoms with Gasteiger partial charge in [-0.25, -0.2) is 0 Å². The minimum absolute atomic E-state index is 0.165. The molecule has 0 heterocycles. The molecule has 1 aromatic carbocycles. The van der Waals surface area contributed by atoms with Crippen LogP contribution in [0.15, 0.2) is 18.2 Å². The van der Waals surface area contributed by atoms with Gasteiger partial charge in [-0.15, -0.1) is 0 Å². The van der Waals surface area contributed by atoms with Gasteiger partial charge in [-0.2, -0.15) is 0 Å². The third-order valence-electron chi connectivity index (χ3n) is 2.68. The summed E-state index contributed by atoms with van der Waals surface area (Å²) in [5, 5.41) is 0. The quantitative estimate of drug-likeness (QED) is 0.718. The van der Waals surface area contributed by atoms with Crippen molar-refractivity contribution in [3.63, 3.8) is 0 Å². The van der Waals surface area contributed by atoms with Crippen molar-refractivity contribution in [3.05, 3.63) is 23.8 Å². The Morgan fingerprint density at radius 2 is 2.10 bits per heavy atom. The number of aldehydes is 1. The highest BCUT2D eigenvalue weighted by Crippen LogP contribution is 2.25. The van der Waals surface area contributed by atoms with Crippen LogP contribution in [0.2, 0.25) is 0 Å². The van der Waals surface area contributed by atoms with E-state index in [1.807, 2.05) is 6.92 Å². The van der Waals surface area contributed by atoms with Crippen LogP contribution in [-0.2, 0) is 4.79 Å². The van der Waals surface area contributed by atoms with Crippen molar-refractivity contribution in [2.75, 3.05) is 20.7 Å². The summed E-state index contributed by atoms with van der Waals surface area (Å²) in [4.78, 5) is 24.3. The summed E-state index contributed by atoms with van der Waals surface area (Å²) in [6, 6.07) is 4.98. The van der Waals surface area contributed by atoms with Crippen molar-refractivity contribution in [1.82, 2.24) is 4.90 Å². The summed E-state index contributed by atoms with van der Waals surface area (Å²) in [5.74, 6) is 0.815. The summed E-state index contributed by atoms with van der Waals surface area (Å²) in [7, 11) is 3.31. The fraction of sp³-hybridized carbons (Fsp3) is 0.467. The zero-order valence-corrected chi connectivity index (χ0v) is 12.4. The molecule has 0 aliphatic carbocycles. The van der Waals surface area contributed by atoms with Gasteiger partial charge in [-0.05, 0) is 25.5 Å². The van der Waals surface area contributed by atoms with E-state index in [0.29, 0.717) is 30.0 Å². The van der Waals surface area contributed by atoms with Crippen molar-refractivity contribution in [1.29, 1.82) is 0 Å². The van der Waals surface area contributed by atoms with Crippen LogP contribution in [0.5, 0.6) is 11.5 Å². The highest BCUT2D eigenvalue weighted by atomic mass is 16.5. The van der Waals surface area contributed by atoms with Crippen LogP contribution in [0.3, 0.4) is 0 Å². The van der Waals surface area contributed by atoms with E-state index < -0.39 is 6.10 Å². The van der Waals surface area contributed by atoms with Gasteiger partial charge in [0.25, 0.3) is 5.91 Å². The third-order valence-corrected chi connectivity index (χ3v) is 2.68. The number of carbonyl (C=O) groups is 2.